The van der Waals surface area contributed by atoms with Crippen LogP contribution in [0.1, 0.15) is 66.7 Å². The minimum atomic E-state index is 0.472. The first-order valence-electron chi connectivity index (χ1n) is 7.55. The van der Waals surface area contributed by atoms with Crippen LogP contribution in [0.2, 0.25) is 0 Å². The molecular formula is C16H29N. The summed E-state index contributed by atoms with van der Waals surface area (Å²) in [6.45, 7) is 12.2. The van der Waals surface area contributed by atoms with E-state index in [0.717, 1.165) is 24.0 Å². The molecule has 4 atom stereocenters. The summed E-state index contributed by atoms with van der Waals surface area (Å²) in [6, 6.07) is 2.90. The molecule has 0 amide bonds. The second-order valence-corrected chi connectivity index (χ2v) is 8.70. The summed E-state index contributed by atoms with van der Waals surface area (Å²) in [7, 11) is 0. The maximum absolute atomic E-state index is 2.88. The summed E-state index contributed by atoms with van der Waals surface area (Å²) < 4.78 is 0. The lowest BCUT2D eigenvalue weighted by Gasteiger charge is -2.49. The van der Waals surface area contributed by atoms with Gasteiger partial charge >= 0.3 is 0 Å². The first kappa shape index (κ1) is 12.0. The van der Waals surface area contributed by atoms with E-state index >= 15 is 0 Å². The molecule has 0 aromatic heterocycles. The van der Waals surface area contributed by atoms with E-state index in [1.807, 2.05) is 0 Å². The van der Waals surface area contributed by atoms with Crippen LogP contribution in [-0.2, 0) is 0 Å². The Morgan fingerprint density at radius 3 is 2.06 bits per heavy atom. The lowest BCUT2D eigenvalue weighted by atomic mass is 9.64. The molecule has 1 nitrogen and oxygen atoms in total. The molecule has 3 aliphatic rings. The van der Waals surface area contributed by atoms with E-state index in [1.165, 1.54) is 32.1 Å². The zero-order chi connectivity index (χ0) is 12.4. The summed E-state index contributed by atoms with van der Waals surface area (Å²) in [5, 5.41) is 0. The smallest absolute Gasteiger partial charge is 0.0150 e. The first-order chi connectivity index (χ1) is 7.78. The Balaban J connectivity index is 1.73. The van der Waals surface area contributed by atoms with Crippen LogP contribution in [0.25, 0.3) is 0 Å². The molecule has 3 aliphatic heterocycles. The minimum Gasteiger partial charge on any atom is -0.294 e. The van der Waals surface area contributed by atoms with Crippen LogP contribution in [0, 0.1) is 16.7 Å². The maximum atomic E-state index is 2.88. The molecule has 0 N–H and O–H groups in total. The molecule has 0 aromatic carbocycles. The van der Waals surface area contributed by atoms with Crippen LogP contribution < -0.4 is 0 Å². The van der Waals surface area contributed by atoms with Gasteiger partial charge in [0.15, 0.2) is 0 Å². The quantitative estimate of drug-likeness (QED) is 0.697. The van der Waals surface area contributed by atoms with E-state index < -0.39 is 0 Å². The Bertz CT molecular complexity index is 312. The number of rotatable bonds is 2. The molecule has 3 saturated heterocycles. The predicted octanol–water partition coefficient (Wildman–Crippen LogP) is 4.07. The van der Waals surface area contributed by atoms with Crippen molar-refractivity contribution in [2.75, 3.05) is 0 Å². The summed E-state index contributed by atoms with van der Waals surface area (Å²) in [5.74, 6) is 0.961. The van der Waals surface area contributed by atoms with Crippen LogP contribution in [0.15, 0.2) is 0 Å². The Morgan fingerprint density at radius 2 is 1.53 bits per heavy atom. The highest BCUT2D eigenvalue weighted by Gasteiger charge is 2.58. The lowest BCUT2D eigenvalue weighted by Crippen LogP contribution is -2.54. The largest absolute Gasteiger partial charge is 0.294 e. The van der Waals surface area contributed by atoms with Crippen molar-refractivity contribution < 1.29 is 0 Å². The highest BCUT2D eigenvalue weighted by Crippen LogP contribution is 2.57. The van der Waals surface area contributed by atoms with E-state index in [-0.39, 0.29) is 0 Å². The van der Waals surface area contributed by atoms with Crippen LogP contribution in [0.3, 0.4) is 0 Å². The van der Waals surface area contributed by atoms with Crippen molar-refractivity contribution in [3.05, 3.63) is 0 Å². The van der Waals surface area contributed by atoms with E-state index in [4.69, 9.17) is 0 Å². The van der Waals surface area contributed by atoms with Crippen molar-refractivity contribution in [1.29, 1.82) is 0 Å². The zero-order valence-electron chi connectivity index (χ0n) is 12.3. The molecular weight excluding hydrogens is 206 g/mol. The fourth-order valence-corrected chi connectivity index (χ4v) is 5.42. The minimum absolute atomic E-state index is 0.472. The van der Waals surface area contributed by atoms with E-state index in [2.05, 4.69) is 39.5 Å². The van der Waals surface area contributed by atoms with Gasteiger partial charge in [-0.2, -0.15) is 0 Å². The van der Waals surface area contributed by atoms with Gasteiger partial charge in [0.25, 0.3) is 0 Å². The van der Waals surface area contributed by atoms with E-state index in [0.29, 0.717) is 10.8 Å². The molecule has 0 radical (unpaired) electrons. The number of nitrogens with zero attached hydrogens (tertiary/aromatic N) is 1. The van der Waals surface area contributed by atoms with Gasteiger partial charge in [-0.1, -0.05) is 34.6 Å². The molecule has 0 aliphatic carbocycles. The first-order valence-corrected chi connectivity index (χ1v) is 7.55. The third-order valence-corrected chi connectivity index (χ3v) is 5.55. The molecule has 3 fully saturated rings. The molecule has 17 heavy (non-hydrogen) atoms. The average molecular weight is 235 g/mol. The van der Waals surface area contributed by atoms with Crippen molar-refractivity contribution in [1.82, 2.24) is 4.90 Å². The van der Waals surface area contributed by atoms with Gasteiger partial charge in [-0.15, -0.1) is 0 Å². The molecule has 3 rings (SSSR count). The topological polar surface area (TPSA) is 3.24 Å². The van der Waals surface area contributed by atoms with Crippen molar-refractivity contribution >= 4 is 0 Å². The lowest BCUT2D eigenvalue weighted by molar-refractivity contribution is 0.00319. The summed E-state index contributed by atoms with van der Waals surface area (Å²) in [6.07, 6.45) is 7.35. The van der Waals surface area contributed by atoms with Gasteiger partial charge in [0.1, 0.15) is 0 Å². The maximum Gasteiger partial charge on any atom is 0.0150 e. The van der Waals surface area contributed by atoms with Crippen LogP contribution in [-0.4, -0.2) is 23.0 Å². The van der Waals surface area contributed by atoms with Crippen molar-refractivity contribution in [3.8, 4) is 0 Å². The van der Waals surface area contributed by atoms with Crippen molar-refractivity contribution in [2.24, 2.45) is 16.7 Å². The SMILES string of the molecule is CC(C)(C)CC(C)(C)C1CC2CCC3CC1N32. The summed E-state index contributed by atoms with van der Waals surface area (Å²) in [4.78, 5) is 2.88. The molecule has 4 unspecified atom stereocenters. The normalized spacial score (nSPS) is 41.5. The fourth-order valence-electron chi connectivity index (χ4n) is 5.42. The third kappa shape index (κ3) is 1.85. The molecule has 3 heterocycles. The molecule has 98 valence electrons. The Hall–Kier alpha value is -0.0400. The molecule has 0 bridgehead atoms. The van der Waals surface area contributed by atoms with Crippen molar-refractivity contribution in [3.63, 3.8) is 0 Å². The van der Waals surface area contributed by atoms with Crippen LogP contribution in [0.5, 0.6) is 0 Å². The number of hydrogen-bond acceptors (Lipinski definition) is 1. The summed E-state index contributed by atoms with van der Waals surface area (Å²) in [5.41, 5.74) is 0.998. The molecule has 0 spiro atoms. The second-order valence-electron chi connectivity index (χ2n) is 8.70. The zero-order valence-corrected chi connectivity index (χ0v) is 12.3. The molecule has 1 heteroatoms. The van der Waals surface area contributed by atoms with Crippen LogP contribution in [0.4, 0.5) is 0 Å². The van der Waals surface area contributed by atoms with E-state index in [9.17, 15) is 0 Å². The van der Waals surface area contributed by atoms with Gasteiger partial charge in [0, 0.05) is 18.1 Å². The monoisotopic (exact) mass is 235 g/mol. The third-order valence-electron chi connectivity index (χ3n) is 5.55. The average Bonchev–Trinajstić information content (AvgIpc) is 2.45. The molecule has 0 saturated carbocycles. The highest BCUT2D eigenvalue weighted by atomic mass is 15.3. The van der Waals surface area contributed by atoms with Gasteiger partial charge in [-0.05, 0) is 48.9 Å². The van der Waals surface area contributed by atoms with Gasteiger partial charge in [0.05, 0.1) is 0 Å². The Morgan fingerprint density at radius 1 is 0.941 bits per heavy atom. The highest BCUT2D eigenvalue weighted by molar-refractivity contribution is 5.12. The fraction of sp³-hybridized carbons (Fsp3) is 1.00. The van der Waals surface area contributed by atoms with Gasteiger partial charge in [-0.3, -0.25) is 4.90 Å². The van der Waals surface area contributed by atoms with Gasteiger partial charge < -0.3 is 0 Å². The standard InChI is InChI=1S/C16H29N/c1-15(2,3)10-16(4,5)13-8-11-6-7-12-9-14(13)17(11)12/h11-14H,6-10H2,1-5H3. The second kappa shape index (κ2) is 3.50. The van der Waals surface area contributed by atoms with Gasteiger partial charge in [0.2, 0.25) is 0 Å². The van der Waals surface area contributed by atoms with Crippen LogP contribution >= 0.6 is 0 Å². The van der Waals surface area contributed by atoms with Gasteiger partial charge in [-0.25, -0.2) is 0 Å². The predicted molar refractivity (Wildman–Crippen MR) is 73.0 cm³/mol. The Kier molecular flexibility index (Phi) is 2.47. The van der Waals surface area contributed by atoms with E-state index in [1.54, 1.807) is 0 Å². The number of hydrogen-bond donors (Lipinski definition) is 0. The molecule has 0 aromatic rings. The van der Waals surface area contributed by atoms with Crippen molar-refractivity contribution in [2.45, 2.75) is 84.8 Å². The summed E-state index contributed by atoms with van der Waals surface area (Å²) >= 11 is 0. The Labute approximate surface area is 107 Å².